The second kappa shape index (κ2) is 5.56. The van der Waals surface area contributed by atoms with Crippen LogP contribution >= 0.6 is 34.3 Å². The molecule has 0 aliphatic rings. The number of thiazole rings is 2. The van der Waals surface area contributed by atoms with Crippen molar-refractivity contribution in [2.75, 3.05) is 5.32 Å². The second-order valence-corrected chi connectivity index (χ2v) is 7.53. The third-order valence-electron chi connectivity index (χ3n) is 3.36. The van der Waals surface area contributed by atoms with Gasteiger partial charge in [-0.3, -0.25) is 10.1 Å². The van der Waals surface area contributed by atoms with Crippen LogP contribution in [0.1, 0.15) is 15.4 Å². The number of aryl methyl sites for hydroxylation is 1. The van der Waals surface area contributed by atoms with Crippen LogP contribution in [-0.2, 0) is 0 Å². The number of halogens is 1. The largest absolute Gasteiger partial charge is 0.296 e. The molecular formula is C16H10ClN3OS2. The van der Waals surface area contributed by atoms with Gasteiger partial charge >= 0.3 is 0 Å². The van der Waals surface area contributed by atoms with Crippen LogP contribution in [0.3, 0.4) is 0 Å². The highest BCUT2D eigenvalue weighted by molar-refractivity contribution is 7.23. The van der Waals surface area contributed by atoms with Crippen LogP contribution in [0.4, 0.5) is 5.13 Å². The van der Waals surface area contributed by atoms with Crippen molar-refractivity contribution in [3.63, 3.8) is 0 Å². The number of carbonyl (C=O) groups is 1. The SMILES string of the molecule is Cc1cc(Cl)cc2sc(NC(=O)c3nc4ccccc4s3)nc12. The minimum atomic E-state index is -0.242. The topological polar surface area (TPSA) is 54.9 Å². The van der Waals surface area contributed by atoms with Gasteiger partial charge in [-0.1, -0.05) is 35.1 Å². The standard InChI is InChI=1S/C16H10ClN3OS2/c1-8-6-9(17)7-12-13(8)19-16(23-12)20-14(21)15-18-10-4-2-3-5-11(10)22-15/h2-7H,1H3,(H,19,20,21). The Labute approximate surface area is 144 Å². The normalized spacial score (nSPS) is 11.2. The van der Waals surface area contributed by atoms with Crippen molar-refractivity contribution in [1.82, 2.24) is 9.97 Å². The number of benzene rings is 2. The molecule has 4 aromatic rings. The van der Waals surface area contributed by atoms with Crippen LogP contribution in [0, 0.1) is 6.92 Å². The third-order valence-corrected chi connectivity index (χ3v) is 5.53. The van der Waals surface area contributed by atoms with Crippen LogP contribution < -0.4 is 5.32 Å². The number of amides is 1. The Balaban J connectivity index is 1.67. The van der Waals surface area contributed by atoms with Crippen LogP contribution in [-0.4, -0.2) is 15.9 Å². The van der Waals surface area contributed by atoms with Crippen molar-refractivity contribution < 1.29 is 4.79 Å². The number of nitrogens with zero attached hydrogens (tertiary/aromatic N) is 2. The molecule has 1 N–H and O–H groups in total. The number of carbonyl (C=O) groups excluding carboxylic acids is 1. The van der Waals surface area contributed by atoms with Gasteiger partial charge in [0.25, 0.3) is 5.91 Å². The molecule has 0 radical (unpaired) electrons. The molecule has 2 aromatic heterocycles. The zero-order valence-electron chi connectivity index (χ0n) is 12.0. The molecule has 114 valence electrons. The van der Waals surface area contributed by atoms with Gasteiger partial charge in [-0.25, -0.2) is 9.97 Å². The Morgan fingerprint density at radius 2 is 1.96 bits per heavy atom. The van der Waals surface area contributed by atoms with E-state index < -0.39 is 0 Å². The Morgan fingerprint density at radius 3 is 2.78 bits per heavy atom. The first-order chi connectivity index (χ1) is 11.1. The minimum absolute atomic E-state index is 0.242. The van der Waals surface area contributed by atoms with Gasteiger partial charge in [-0.05, 0) is 36.8 Å². The molecule has 23 heavy (non-hydrogen) atoms. The molecule has 0 fully saturated rings. The summed E-state index contributed by atoms with van der Waals surface area (Å²) in [7, 11) is 0. The molecule has 0 aliphatic carbocycles. The van der Waals surface area contributed by atoms with Crippen molar-refractivity contribution in [2.24, 2.45) is 0 Å². The van der Waals surface area contributed by atoms with E-state index in [1.165, 1.54) is 22.7 Å². The fourth-order valence-corrected chi connectivity index (χ4v) is 4.50. The Morgan fingerprint density at radius 1 is 1.13 bits per heavy atom. The molecule has 0 saturated carbocycles. The molecular weight excluding hydrogens is 350 g/mol. The molecule has 2 aromatic carbocycles. The zero-order chi connectivity index (χ0) is 16.0. The predicted octanol–water partition coefficient (Wildman–Crippen LogP) is 5.12. The van der Waals surface area contributed by atoms with E-state index >= 15 is 0 Å². The van der Waals surface area contributed by atoms with Crippen molar-refractivity contribution in [2.45, 2.75) is 6.92 Å². The van der Waals surface area contributed by atoms with Crippen LogP contribution in [0.25, 0.3) is 20.4 Å². The van der Waals surface area contributed by atoms with E-state index in [4.69, 9.17) is 11.6 Å². The summed E-state index contributed by atoms with van der Waals surface area (Å²) in [4.78, 5) is 21.2. The highest BCUT2D eigenvalue weighted by atomic mass is 35.5. The molecule has 1 amide bonds. The third kappa shape index (κ3) is 2.69. The quantitative estimate of drug-likeness (QED) is 0.540. The summed E-state index contributed by atoms with van der Waals surface area (Å²) in [6.07, 6.45) is 0. The summed E-state index contributed by atoms with van der Waals surface area (Å²) >= 11 is 8.84. The maximum atomic E-state index is 12.4. The molecule has 4 rings (SSSR count). The summed E-state index contributed by atoms with van der Waals surface area (Å²) in [5, 5.41) is 4.48. The average molecular weight is 360 g/mol. The molecule has 0 aliphatic heterocycles. The number of anilines is 1. The van der Waals surface area contributed by atoms with Gasteiger partial charge in [0, 0.05) is 5.02 Å². The predicted molar refractivity (Wildman–Crippen MR) is 96.9 cm³/mol. The summed E-state index contributed by atoms with van der Waals surface area (Å²) in [6.45, 7) is 1.95. The summed E-state index contributed by atoms with van der Waals surface area (Å²) < 4.78 is 1.94. The zero-order valence-corrected chi connectivity index (χ0v) is 14.4. The molecule has 4 nitrogen and oxygen atoms in total. The lowest BCUT2D eigenvalue weighted by atomic mass is 10.2. The highest BCUT2D eigenvalue weighted by Gasteiger charge is 2.15. The van der Waals surface area contributed by atoms with Crippen molar-refractivity contribution >= 4 is 65.7 Å². The van der Waals surface area contributed by atoms with Gasteiger partial charge in [0.2, 0.25) is 0 Å². The van der Waals surface area contributed by atoms with Gasteiger partial charge in [0.1, 0.15) is 0 Å². The molecule has 0 saturated heterocycles. The van der Waals surface area contributed by atoms with Gasteiger partial charge < -0.3 is 0 Å². The first kappa shape index (κ1) is 14.6. The maximum Gasteiger partial charge on any atom is 0.286 e. The van der Waals surface area contributed by atoms with E-state index in [2.05, 4.69) is 15.3 Å². The lowest BCUT2D eigenvalue weighted by Gasteiger charge is -1.96. The van der Waals surface area contributed by atoms with Gasteiger partial charge in [-0.2, -0.15) is 0 Å². The van der Waals surface area contributed by atoms with E-state index in [1.54, 1.807) is 0 Å². The van der Waals surface area contributed by atoms with Crippen molar-refractivity contribution in [1.29, 1.82) is 0 Å². The lowest BCUT2D eigenvalue weighted by Crippen LogP contribution is -2.11. The number of fused-ring (bicyclic) bond motifs is 2. The van der Waals surface area contributed by atoms with E-state index in [9.17, 15) is 4.79 Å². The van der Waals surface area contributed by atoms with Gasteiger partial charge in [0.15, 0.2) is 10.1 Å². The Hall–Kier alpha value is -2.02. The van der Waals surface area contributed by atoms with E-state index in [0.29, 0.717) is 15.2 Å². The minimum Gasteiger partial charge on any atom is -0.296 e. The average Bonchev–Trinajstić information content (AvgIpc) is 3.10. The summed E-state index contributed by atoms with van der Waals surface area (Å²) in [6, 6.07) is 11.4. The molecule has 0 atom stereocenters. The fourth-order valence-electron chi connectivity index (χ4n) is 2.33. The molecule has 0 spiro atoms. The van der Waals surface area contributed by atoms with E-state index in [1.807, 2.05) is 43.3 Å². The smallest absolute Gasteiger partial charge is 0.286 e. The lowest BCUT2D eigenvalue weighted by molar-refractivity contribution is 0.102. The fraction of sp³-hybridized carbons (Fsp3) is 0.0625. The van der Waals surface area contributed by atoms with E-state index in [0.717, 1.165) is 26.0 Å². The molecule has 0 unspecified atom stereocenters. The number of aromatic nitrogens is 2. The van der Waals surface area contributed by atoms with Crippen LogP contribution in [0.5, 0.6) is 0 Å². The van der Waals surface area contributed by atoms with Gasteiger partial charge in [0.05, 0.1) is 20.4 Å². The van der Waals surface area contributed by atoms with Crippen LogP contribution in [0.2, 0.25) is 5.02 Å². The molecule has 2 heterocycles. The number of hydrogen-bond acceptors (Lipinski definition) is 5. The van der Waals surface area contributed by atoms with Gasteiger partial charge in [-0.15, -0.1) is 11.3 Å². The second-order valence-electron chi connectivity index (χ2n) is 5.03. The van der Waals surface area contributed by atoms with Crippen molar-refractivity contribution in [3.8, 4) is 0 Å². The number of para-hydroxylation sites is 1. The Kier molecular flexibility index (Phi) is 3.52. The van der Waals surface area contributed by atoms with Crippen molar-refractivity contribution in [3.05, 3.63) is 52.0 Å². The first-order valence-electron chi connectivity index (χ1n) is 6.84. The summed E-state index contributed by atoms with van der Waals surface area (Å²) in [5.74, 6) is -0.242. The number of hydrogen-bond donors (Lipinski definition) is 1. The first-order valence-corrected chi connectivity index (χ1v) is 8.85. The van der Waals surface area contributed by atoms with E-state index in [-0.39, 0.29) is 5.91 Å². The highest BCUT2D eigenvalue weighted by Crippen LogP contribution is 2.31. The number of rotatable bonds is 2. The van der Waals surface area contributed by atoms with Crippen LogP contribution in [0.15, 0.2) is 36.4 Å². The Bertz CT molecular complexity index is 1020. The maximum absolute atomic E-state index is 12.4. The summed E-state index contributed by atoms with van der Waals surface area (Å²) in [5.41, 5.74) is 2.68. The monoisotopic (exact) mass is 359 g/mol. The molecule has 7 heteroatoms. The molecule has 0 bridgehead atoms. The number of nitrogens with one attached hydrogen (secondary N) is 1.